The fourth-order valence-electron chi connectivity index (χ4n) is 3.50. The van der Waals surface area contributed by atoms with E-state index in [9.17, 15) is 9.59 Å². The van der Waals surface area contributed by atoms with E-state index in [-0.39, 0.29) is 5.78 Å². The van der Waals surface area contributed by atoms with E-state index in [1.165, 1.54) is 7.11 Å². The van der Waals surface area contributed by atoms with Gasteiger partial charge in [-0.05, 0) is 44.0 Å². The number of hydrogen-bond donors (Lipinski definition) is 1. The van der Waals surface area contributed by atoms with E-state index in [2.05, 4.69) is 15.4 Å². The molecule has 0 bridgehead atoms. The average molecular weight is 388 g/mol. The Bertz CT molecular complexity index is 1120. The molecule has 3 aromatic rings. The number of pyridine rings is 1. The third kappa shape index (κ3) is 3.42. The summed E-state index contributed by atoms with van der Waals surface area (Å²) in [6.07, 6.45) is 4.61. The molecular formula is C22H20N4O3. The topological polar surface area (TPSA) is 86.1 Å². The second-order valence-electron chi connectivity index (χ2n) is 6.69. The number of anilines is 1. The van der Waals surface area contributed by atoms with Gasteiger partial charge in [0.1, 0.15) is 0 Å². The summed E-state index contributed by atoms with van der Waals surface area (Å²) < 4.78 is 6.56. The van der Waals surface area contributed by atoms with Gasteiger partial charge in [0.05, 0.1) is 35.3 Å². The molecule has 0 amide bonds. The van der Waals surface area contributed by atoms with Gasteiger partial charge in [-0.1, -0.05) is 18.2 Å². The number of rotatable bonds is 4. The predicted molar refractivity (Wildman–Crippen MR) is 108 cm³/mol. The third-order valence-corrected chi connectivity index (χ3v) is 4.91. The van der Waals surface area contributed by atoms with Crippen LogP contribution in [0.25, 0.3) is 5.82 Å². The van der Waals surface area contributed by atoms with Crippen molar-refractivity contribution in [2.45, 2.75) is 19.8 Å². The first-order valence-corrected chi connectivity index (χ1v) is 9.27. The molecule has 7 nitrogen and oxygen atoms in total. The van der Waals surface area contributed by atoms with Crippen molar-refractivity contribution in [3.8, 4) is 5.82 Å². The molecule has 1 aliphatic carbocycles. The molecule has 0 atom stereocenters. The predicted octanol–water partition coefficient (Wildman–Crippen LogP) is 3.49. The number of ketones is 1. The van der Waals surface area contributed by atoms with Gasteiger partial charge in [0, 0.05) is 18.0 Å². The second-order valence-corrected chi connectivity index (χ2v) is 6.69. The highest BCUT2D eigenvalue weighted by atomic mass is 16.5. The van der Waals surface area contributed by atoms with Crippen molar-refractivity contribution < 1.29 is 14.3 Å². The van der Waals surface area contributed by atoms with Crippen molar-refractivity contribution in [2.75, 3.05) is 12.4 Å². The van der Waals surface area contributed by atoms with E-state index in [0.717, 1.165) is 5.69 Å². The summed E-state index contributed by atoms with van der Waals surface area (Å²) >= 11 is 0. The highest BCUT2D eigenvalue weighted by Crippen LogP contribution is 2.29. The molecule has 0 fully saturated rings. The second kappa shape index (κ2) is 7.71. The lowest BCUT2D eigenvalue weighted by molar-refractivity contribution is 0.0601. The first-order chi connectivity index (χ1) is 14.1. The van der Waals surface area contributed by atoms with Crippen LogP contribution < -0.4 is 5.32 Å². The van der Waals surface area contributed by atoms with Crippen molar-refractivity contribution in [1.29, 1.82) is 0 Å². The van der Waals surface area contributed by atoms with E-state index in [4.69, 9.17) is 4.74 Å². The van der Waals surface area contributed by atoms with Crippen LogP contribution in [0.3, 0.4) is 0 Å². The fourth-order valence-corrected chi connectivity index (χ4v) is 3.50. The smallest absolute Gasteiger partial charge is 0.339 e. The monoisotopic (exact) mass is 388 g/mol. The maximum absolute atomic E-state index is 13.1. The molecule has 1 aromatic carbocycles. The van der Waals surface area contributed by atoms with Crippen LogP contribution in [0.4, 0.5) is 5.69 Å². The van der Waals surface area contributed by atoms with Crippen molar-refractivity contribution in [1.82, 2.24) is 14.8 Å². The Hall–Kier alpha value is -3.74. The number of ether oxygens (including phenoxy) is 1. The number of nitrogens with one attached hydrogen (secondary N) is 1. The Morgan fingerprint density at radius 3 is 2.72 bits per heavy atom. The standard InChI is InChI=1S/C22H20N4O3/c1-14-20-18(26(25-14)19-9-5-6-12-23-19)11-10-15(21(20)27)13-24-17-8-4-3-7-16(17)22(28)29-2/h3-9,12-13,24H,10-11H2,1-2H3/b15-13-. The molecule has 29 heavy (non-hydrogen) atoms. The molecular weight excluding hydrogens is 368 g/mol. The normalized spacial score (nSPS) is 14.6. The van der Waals surface area contributed by atoms with Crippen LogP contribution >= 0.6 is 0 Å². The van der Waals surface area contributed by atoms with Gasteiger partial charge in [-0.2, -0.15) is 5.10 Å². The number of allylic oxidation sites excluding steroid dienone is 1. The van der Waals surface area contributed by atoms with Crippen LogP contribution in [0.1, 0.15) is 38.5 Å². The number of Topliss-reactive ketones (excluding diaryl/α,β-unsaturated/α-hetero) is 1. The van der Waals surface area contributed by atoms with E-state index in [0.29, 0.717) is 46.7 Å². The number of nitrogens with zero attached hydrogens (tertiary/aromatic N) is 3. The van der Waals surface area contributed by atoms with Crippen molar-refractivity contribution in [2.24, 2.45) is 0 Å². The third-order valence-electron chi connectivity index (χ3n) is 4.91. The number of methoxy groups -OCH3 is 1. The maximum atomic E-state index is 13.1. The molecule has 1 N–H and O–H groups in total. The van der Waals surface area contributed by atoms with Gasteiger partial charge in [0.15, 0.2) is 11.6 Å². The van der Waals surface area contributed by atoms with E-state index in [1.54, 1.807) is 35.3 Å². The first kappa shape index (κ1) is 18.6. The molecule has 2 aromatic heterocycles. The van der Waals surface area contributed by atoms with Gasteiger partial charge in [-0.3, -0.25) is 4.79 Å². The lowest BCUT2D eigenvalue weighted by atomic mass is 9.90. The van der Waals surface area contributed by atoms with E-state index < -0.39 is 5.97 Å². The Balaban J connectivity index is 1.64. The molecule has 146 valence electrons. The Kier molecular flexibility index (Phi) is 4.95. The van der Waals surface area contributed by atoms with E-state index >= 15 is 0 Å². The highest BCUT2D eigenvalue weighted by Gasteiger charge is 2.29. The maximum Gasteiger partial charge on any atom is 0.339 e. The Morgan fingerprint density at radius 1 is 1.17 bits per heavy atom. The SMILES string of the molecule is COC(=O)c1ccccc1N/C=C1/CCc2c(c(C)nn2-c2ccccn2)C1=O. The van der Waals surface area contributed by atoms with Crippen LogP contribution in [-0.4, -0.2) is 33.6 Å². The summed E-state index contributed by atoms with van der Waals surface area (Å²) in [5, 5.41) is 7.63. The number of carbonyl (C=O) groups is 2. The molecule has 2 heterocycles. The minimum Gasteiger partial charge on any atom is -0.465 e. The van der Waals surface area contributed by atoms with Gasteiger partial charge in [-0.15, -0.1) is 0 Å². The summed E-state index contributed by atoms with van der Waals surface area (Å²) in [7, 11) is 1.34. The molecule has 0 radical (unpaired) electrons. The molecule has 0 aliphatic heterocycles. The van der Waals surface area contributed by atoms with Crippen LogP contribution in [0.2, 0.25) is 0 Å². The molecule has 0 saturated carbocycles. The van der Waals surface area contributed by atoms with Gasteiger partial charge in [0.25, 0.3) is 0 Å². The minimum absolute atomic E-state index is 0.0611. The summed E-state index contributed by atoms with van der Waals surface area (Å²) in [6, 6.07) is 12.6. The zero-order valence-electron chi connectivity index (χ0n) is 16.2. The summed E-state index contributed by atoms with van der Waals surface area (Å²) in [5.74, 6) is 0.201. The molecule has 4 rings (SSSR count). The molecule has 1 aliphatic rings. The van der Waals surface area contributed by atoms with Crippen molar-refractivity contribution in [3.05, 3.63) is 82.9 Å². The first-order valence-electron chi connectivity index (χ1n) is 9.27. The lowest BCUT2D eigenvalue weighted by Gasteiger charge is -2.16. The van der Waals surface area contributed by atoms with Crippen molar-refractivity contribution in [3.63, 3.8) is 0 Å². The van der Waals surface area contributed by atoms with Gasteiger partial charge in [-0.25, -0.2) is 14.5 Å². The van der Waals surface area contributed by atoms with Crippen LogP contribution in [0.15, 0.2) is 60.4 Å². The zero-order chi connectivity index (χ0) is 20.4. The van der Waals surface area contributed by atoms with Crippen molar-refractivity contribution >= 4 is 17.4 Å². The highest BCUT2D eigenvalue weighted by molar-refractivity contribution is 6.11. The number of aryl methyl sites for hydroxylation is 1. The number of aromatic nitrogens is 3. The largest absolute Gasteiger partial charge is 0.465 e. The number of hydrogen-bond acceptors (Lipinski definition) is 6. The fraction of sp³-hybridized carbons (Fsp3) is 0.182. The molecule has 0 unspecified atom stereocenters. The number of benzene rings is 1. The Labute approximate surface area is 168 Å². The van der Waals surface area contributed by atoms with Gasteiger partial charge < -0.3 is 10.1 Å². The number of esters is 1. The summed E-state index contributed by atoms with van der Waals surface area (Å²) in [4.78, 5) is 29.4. The number of fused-ring (bicyclic) bond motifs is 1. The van der Waals surface area contributed by atoms with Crippen LogP contribution in [0, 0.1) is 6.92 Å². The average Bonchev–Trinajstić information content (AvgIpc) is 3.10. The number of carbonyl (C=O) groups excluding carboxylic acids is 2. The Morgan fingerprint density at radius 2 is 1.97 bits per heavy atom. The zero-order valence-corrected chi connectivity index (χ0v) is 16.2. The summed E-state index contributed by atoms with van der Waals surface area (Å²) in [5.41, 5.74) is 3.81. The number of para-hydroxylation sites is 1. The van der Waals surface area contributed by atoms with Crippen LogP contribution in [-0.2, 0) is 11.2 Å². The minimum atomic E-state index is -0.434. The molecule has 0 saturated heterocycles. The lowest BCUT2D eigenvalue weighted by Crippen LogP contribution is -2.17. The van der Waals surface area contributed by atoms with E-state index in [1.807, 2.05) is 31.2 Å². The summed E-state index contributed by atoms with van der Waals surface area (Å²) in [6.45, 7) is 1.83. The molecule has 7 heteroatoms. The van der Waals surface area contributed by atoms with Gasteiger partial charge in [0.2, 0.25) is 0 Å². The van der Waals surface area contributed by atoms with Gasteiger partial charge >= 0.3 is 5.97 Å². The van der Waals surface area contributed by atoms with Crippen LogP contribution in [0.5, 0.6) is 0 Å². The molecule has 0 spiro atoms. The quantitative estimate of drug-likeness (QED) is 0.544.